The van der Waals surface area contributed by atoms with Crippen LogP contribution in [0.4, 0.5) is 14.5 Å². The van der Waals surface area contributed by atoms with Crippen molar-refractivity contribution in [1.29, 1.82) is 0 Å². The van der Waals surface area contributed by atoms with Crippen LogP contribution < -0.4 is 20.3 Å². The molecule has 6 nitrogen and oxygen atoms in total. The van der Waals surface area contributed by atoms with Gasteiger partial charge in [0.25, 0.3) is 0 Å². The Hall–Kier alpha value is -1.17. The number of benzene rings is 1. The normalized spacial score (nSPS) is 18.2. The van der Waals surface area contributed by atoms with Gasteiger partial charge in [0.2, 0.25) is 0 Å². The number of halogens is 3. The molecule has 0 aliphatic carbocycles. The second-order valence-electron chi connectivity index (χ2n) is 7.84. The van der Waals surface area contributed by atoms with E-state index in [0.29, 0.717) is 30.5 Å². The third-order valence-electron chi connectivity index (χ3n) is 4.52. The van der Waals surface area contributed by atoms with Gasteiger partial charge in [-0.2, -0.15) is 8.78 Å². The monoisotopic (exact) mass is 558 g/mol. The first-order valence-electron chi connectivity index (χ1n) is 9.92. The standard InChI is InChI=1S/C20H32F2N4O2S.HI/c1-5-23-19(24-11-13-29(27)20(2,3)4)25-15-10-12-26(14-15)16-8-6-7-9-17(16)28-18(21)22;/h6-9,15,18H,5,10-14H2,1-4H3,(H2,23,24,25);1H. The van der Waals surface area contributed by atoms with Crippen LogP contribution in [0, 0.1) is 0 Å². The van der Waals surface area contributed by atoms with Crippen molar-refractivity contribution < 1.29 is 17.7 Å². The van der Waals surface area contributed by atoms with E-state index in [1.165, 1.54) is 0 Å². The highest BCUT2D eigenvalue weighted by Crippen LogP contribution is 2.31. The van der Waals surface area contributed by atoms with Gasteiger partial charge in [-0.25, -0.2) is 0 Å². The summed E-state index contributed by atoms with van der Waals surface area (Å²) in [7, 11) is -0.946. The Labute approximate surface area is 197 Å². The Morgan fingerprint density at radius 1 is 1.37 bits per heavy atom. The number of nitrogens with one attached hydrogen (secondary N) is 2. The Balaban J connectivity index is 0.00000450. The summed E-state index contributed by atoms with van der Waals surface area (Å²) in [5.74, 6) is 1.38. The largest absolute Gasteiger partial charge is 0.433 e. The molecule has 2 N–H and O–H groups in total. The lowest BCUT2D eigenvalue weighted by atomic mass is 10.2. The van der Waals surface area contributed by atoms with Gasteiger partial charge in [-0.3, -0.25) is 9.20 Å². The number of guanidine groups is 1. The van der Waals surface area contributed by atoms with E-state index in [0.717, 1.165) is 19.5 Å². The fourth-order valence-electron chi connectivity index (χ4n) is 3.07. The van der Waals surface area contributed by atoms with E-state index in [1.807, 2.05) is 38.7 Å². The first-order chi connectivity index (χ1) is 13.7. The lowest BCUT2D eigenvalue weighted by Crippen LogP contribution is -2.45. The van der Waals surface area contributed by atoms with Crippen molar-refractivity contribution in [3.63, 3.8) is 0 Å². The van der Waals surface area contributed by atoms with Crippen molar-refractivity contribution in [1.82, 2.24) is 10.6 Å². The van der Waals surface area contributed by atoms with E-state index in [1.54, 1.807) is 18.2 Å². The molecule has 2 atom stereocenters. The van der Waals surface area contributed by atoms with Crippen LogP contribution in [-0.4, -0.2) is 59.5 Å². The minimum atomic E-state index is -2.85. The van der Waals surface area contributed by atoms with E-state index in [4.69, 9.17) is 0 Å². The zero-order valence-electron chi connectivity index (χ0n) is 18.0. The number of hydrogen-bond acceptors (Lipinski definition) is 4. The highest BCUT2D eigenvalue weighted by atomic mass is 127. The van der Waals surface area contributed by atoms with Gasteiger partial charge in [-0.15, -0.1) is 24.0 Å². The van der Waals surface area contributed by atoms with Crippen molar-refractivity contribution in [2.75, 3.05) is 36.8 Å². The molecule has 1 heterocycles. The lowest BCUT2D eigenvalue weighted by Gasteiger charge is -2.22. The van der Waals surface area contributed by atoms with Crippen molar-refractivity contribution in [3.8, 4) is 5.75 Å². The van der Waals surface area contributed by atoms with Crippen LogP contribution in [0.2, 0.25) is 0 Å². The predicted molar refractivity (Wildman–Crippen MR) is 131 cm³/mol. The summed E-state index contributed by atoms with van der Waals surface area (Å²) in [5.41, 5.74) is 0.666. The maximum Gasteiger partial charge on any atom is 0.387 e. The van der Waals surface area contributed by atoms with Gasteiger partial charge in [0.05, 0.1) is 12.2 Å². The molecule has 1 aromatic rings. The molecule has 0 radical (unpaired) electrons. The Bertz CT molecular complexity index is 716. The summed E-state index contributed by atoms with van der Waals surface area (Å²) in [5, 5.41) is 6.61. The first kappa shape index (κ1) is 26.9. The lowest BCUT2D eigenvalue weighted by molar-refractivity contribution is -0.0495. The van der Waals surface area contributed by atoms with Gasteiger partial charge in [-0.1, -0.05) is 12.1 Å². The van der Waals surface area contributed by atoms with Crippen molar-refractivity contribution in [3.05, 3.63) is 24.3 Å². The maximum atomic E-state index is 12.7. The average molecular weight is 558 g/mol. The summed E-state index contributed by atoms with van der Waals surface area (Å²) in [4.78, 5) is 6.58. The third-order valence-corrected chi connectivity index (χ3v) is 6.44. The number of aliphatic imine (C=N–C) groups is 1. The second kappa shape index (κ2) is 12.6. The molecule has 0 saturated carbocycles. The Morgan fingerprint density at radius 3 is 2.70 bits per heavy atom. The number of para-hydroxylation sites is 2. The van der Waals surface area contributed by atoms with E-state index < -0.39 is 17.4 Å². The summed E-state index contributed by atoms with van der Waals surface area (Å²) >= 11 is 0. The van der Waals surface area contributed by atoms with E-state index >= 15 is 0 Å². The fraction of sp³-hybridized carbons (Fsp3) is 0.650. The van der Waals surface area contributed by atoms with E-state index in [-0.39, 0.29) is 40.5 Å². The molecule has 0 amide bonds. The molecule has 1 saturated heterocycles. The van der Waals surface area contributed by atoms with Crippen LogP contribution in [0.25, 0.3) is 0 Å². The molecule has 1 fully saturated rings. The highest BCUT2D eigenvalue weighted by molar-refractivity contribution is 14.0. The molecule has 0 bridgehead atoms. The zero-order chi connectivity index (χ0) is 21.4. The quantitative estimate of drug-likeness (QED) is 0.290. The SMILES string of the molecule is CCNC(=NCCS(=O)C(C)(C)C)NC1CCN(c2ccccc2OC(F)F)C1.I. The average Bonchev–Trinajstić information content (AvgIpc) is 3.09. The molecule has 1 aliphatic rings. The maximum absolute atomic E-state index is 12.7. The molecule has 1 aliphatic heterocycles. The molecular weight excluding hydrogens is 525 g/mol. The topological polar surface area (TPSA) is 66.0 Å². The van der Waals surface area contributed by atoms with Crippen LogP contribution in [0.3, 0.4) is 0 Å². The van der Waals surface area contributed by atoms with Crippen molar-refractivity contribution in [2.45, 2.75) is 51.5 Å². The summed E-state index contributed by atoms with van der Waals surface area (Å²) < 4.78 is 41.9. The summed E-state index contributed by atoms with van der Waals surface area (Å²) in [6.07, 6.45) is 0.849. The van der Waals surface area contributed by atoms with Crippen molar-refractivity contribution in [2.24, 2.45) is 4.99 Å². The minimum absolute atomic E-state index is 0. The van der Waals surface area contributed by atoms with Crippen LogP contribution in [0.15, 0.2) is 29.3 Å². The smallest absolute Gasteiger partial charge is 0.387 e. The number of alkyl halides is 2. The van der Waals surface area contributed by atoms with Gasteiger partial charge in [0, 0.05) is 47.0 Å². The number of nitrogens with zero attached hydrogens (tertiary/aromatic N) is 2. The number of rotatable bonds is 8. The van der Waals surface area contributed by atoms with Crippen LogP contribution in [-0.2, 0) is 10.8 Å². The second-order valence-corrected chi connectivity index (χ2v) is 10.2. The van der Waals surface area contributed by atoms with Crippen LogP contribution >= 0.6 is 24.0 Å². The minimum Gasteiger partial charge on any atom is -0.433 e. The van der Waals surface area contributed by atoms with Crippen LogP contribution in [0.1, 0.15) is 34.1 Å². The fourth-order valence-corrected chi connectivity index (χ4v) is 3.94. The molecular formula is C20H33F2IN4O2S. The highest BCUT2D eigenvalue weighted by Gasteiger charge is 2.26. The molecule has 0 spiro atoms. The molecule has 2 unspecified atom stereocenters. The van der Waals surface area contributed by atoms with E-state index in [9.17, 15) is 13.0 Å². The van der Waals surface area contributed by atoms with Crippen molar-refractivity contribution >= 4 is 46.4 Å². The van der Waals surface area contributed by atoms with Gasteiger partial charge in [0.15, 0.2) is 5.96 Å². The Morgan fingerprint density at radius 2 is 2.07 bits per heavy atom. The molecule has 1 aromatic carbocycles. The van der Waals surface area contributed by atoms with Gasteiger partial charge < -0.3 is 20.3 Å². The molecule has 0 aromatic heterocycles. The molecule has 10 heteroatoms. The molecule has 172 valence electrons. The zero-order valence-corrected chi connectivity index (χ0v) is 21.1. The van der Waals surface area contributed by atoms with Gasteiger partial charge in [-0.05, 0) is 46.2 Å². The first-order valence-corrected chi connectivity index (χ1v) is 11.2. The predicted octanol–water partition coefficient (Wildman–Crippen LogP) is 3.59. The Kier molecular flexibility index (Phi) is 11.3. The molecule has 30 heavy (non-hydrogen) atoms. The molecule has 2 rings (SSSR count). The van der Waals surface area contributed by atoms with E-state index in [2.05, 4.69) is 20.4 Å². The number of hydrogen-bond donors (Lipinski definition) is 2. The number of ether oxygens (including phenoxy) is 1. The summed E-state index contributed by atoms with van der Waals surface area (Å²) in [6, 6.07) is 6.98. The third kappa shape index (κ3) is 8.52. The summed E-state index contributed by atoms with van der Waals surface area (Å²) in [6.45, 7) is 7.59. The van der Waals surface area contributed by atoms with Gasteiger partial charge in [0.1, 0.15) is 5.75 Å². The van der Waals surface area contributed by atoms with Crippen LogP contribution in [0.5, 0.6) is 5.75 Å². The van der Waals surface area contributed by atoms with Gasteiger partial charge >= 0.3 is 6.61 Å². The number of anilines is 1.